The highest BCUT2D eigenvalue weighted by Crippen LogP contribution is 2.33. The minimum atomic E-state index is -0.410. The predicted molar refractivity (Wildman–Crippen MR) is 122 cm³/mol. The van der Waals surface area contributed by atoms with Gasteiger partial charge in [0.15, 0.2) is 5.11 Å². The van der Waals surface area contributed by atoms with Crippen LogP contribution in [0.25, 0.3) is 0 Å². The van der Waals surface area contributed by atoms with E-state index >= 15 is 0 Å². The third-order valence-electron chi connectivity index (χ3n) is 4.90. The lowest BCUT2D eigenvalue weighted by atomic mass is 10.1. The normalized spacial score (nSPS) is 10.7. The molecular weight excluding hydrogens is 423 g/mol. The third kappa shape index (κ3) is 4.36. The standard InChI is InChI=1S/C21H23FN4O2S2/c1-11-14(4)30-19(17(11)20(27)28-5)24-21(29)23-18-12(2)25-26(13(18)3)10-15-8-6-7-9-16(15)22/h6-9H,10H2,1-5H3,(H2,23,24,29). The summed E-state index contributed by atoms with van der Waals surface area (Å²) in [6.45, 7) is 7.88. The summed E-state index contributed by atoms with van der Waals surface area (Å²) in [5.41, 5.74) is 4.21. The fraction of sp³-hybridized carbons (Fsp3) is 0.286. The fourth-order valence-corrected chi connectivity index (χ4v) is 4.45. The molecule has 0 bridgehead atoms. The number of aromatic nitrogens is 2. The Labute approximate surface area is 184 Å². The summed E-state index contributed by atoms with van der Waals surface area (Å²) in [7, 11) is 1.35. The van der Waals surface area contributed by atoms with Crippen molar-refractivity contribution in [2.45, 2.75) is 34.2 Å². The van der Waals surface area contributed by atoms with E-state index in [0.717, 1.165) is 27.5 Å². The molecule has 3 aromatic rings. The van der Waals surface area contributed by atoms with Crippen molar-refractivity contribution in [2.24, 2.45) is 0 Å². The van der Waals surface area contributed by atoms with E-state index in [0.29, 0.717) is 27.8 Å². The van der Waals surface area contributed by atoms with Crippen molar-refractivity contribution in [3.05, 3.63) is 63.0 Å². The van der Waals surface area contributed by atoms with Crippen LogP contribution in [0, 0.1) is 33.5 Å². The zero-order valence-electron chi connectivity index (χ0n) is 17.4. The molecule has 0 unspecified atom stereocenters. The highest BCUT2D eigenvalue weighted by atomic mass is 32.1. The first kappa shape index (κ1) is 21.9. The van der Waals surface area contributed by atoms with Crippen molar-refractivity contribution in [3.8, 4) is 0 Å². The molecule has 2 aromatic heterocycles. The van der Waals surface area contributed by atoms with Crippen LogP contribution in [-0.4, -0.2) is 28.0 Å². The van der Waals surface area contributed by atoms with Crippen LogP contribution in [-0.2, 0) is 11.3 Å². The number of rotatable bonds is 5. The van der Waals surface area contributed by atoms with Gasteiger partial charge in [-0.3, -0.25) is 4.68 Å². The van der Waals surface area contributed by atoms with Gasteiger partial charge in [0, 0.05) is 10.4 Å². The average molecular weight is 447 g/mol. The number of esters is 1. The van der Waals surface area contributed by atoms with Crippen molar-refractivity contribution in [3.63, 3.8) is 0 Å². The Morgan fingerprint density at radius 3 is 2.60 bits per heavy atom. The summed E-state index contributed by atoms with van der Waals surface area (Å²) in [5, 5.41) is 11.7. The van der Waals surface area contributed by atoms with Gasteiger partial charge in [-0.2, -0.15) is 5.10 Å². The van der Waals surface area contributed by atoms with Crippen LogP contribution in [0.5, 0.6) is 0 Å². The zero-order valence-corrected chi connectivity index (χ0v) is 19.1. The summed E-state index contributed by atoms with van der Waals surface area (Å²) >= 11 is 6.91. The molecule has 0 atom stereocenters. The number of nitrogens with one attached hydrogen (secondary N) is 2. The number of carbonyl (C=O) groups is 1. The Morgan fingerprint density at radius 2 is 1.93 bits per heavy atom. The lowest BCUT2D eigenvalue weighted by Crippen LogP contribution is -2.21. The van der Waals surface area contributed by atoms with Gasteiger partial charge in [-0.05, 0) is 51.5 Å². The second-order valence-electron chi connectivity index (χ2n) is 6.85. The molecule has 1 aromatic carbocycles. The molecule has 0 amide bonds. The van der Waals surface area contributed by atoms with Crippen molar-refractivity contribution in [1.82, 2.24) is 9.78 Å². The molecule has 3 rings (SSSR count). The van der Waals surface area contributed by atoms with Gasteiger partial charge in [0.2, 0.25) is 0 Å². The van der Waals surface area contributed by atoms with Gasteiger partial charge in [-0.1, -0.05) is 18.2 Å². The fourth-order valence-electron chi connectivity index (χ4n) is 3.13. The minimum absolute atomic E-state index is 0.268. The minimum Gasteiger partial charge on any atom is -0.465 e. The van der Waals surface area contributed by atoms with E-state index in [1.54, 1.807) is 22.9 Å². The lowest BCUT2D eigenvalue weighted by molar-refractivity contribution is 0.0601. The Kier molecular flexibility index (Phi) is 6.52. The molecule has 0 aliphatic rings. The smallest absolute Gasteiger partial charge is 0.341 e. The summed E-state index contributed by atoms with van der Waals surface area (Å²) in [6, 6.07) is 6.63. The van der Waals surface area contributed by atoms with Crippen LogP contribution in [0.2, 0.25) is 0 Å². The van der Waals surface area contributed by atoms with Crippen LogP contribution >= 0.6 is 23.6 Å². The number of benzene rings is 1. The number of ether oxygens (including phenoxy) is 1. The maximum atomic E-state index is 14.0. The number of anilines is 2. The Bertz CT molecular complexity index is 1120. The highest BCUT2D eigenvalue weighted by Gasteiger charge is 2.21. The molecule has 0 saturated heterocycles. The second-order valence-corrected chi connectivity index (χ2v) is 8.49. The lowest BCUT2D eigenvalue weighted by Gasteiger charge is -2.11. The van der Waals surface area contributed by atoms with Gasteiger partial charge in [0.1, 0.15) is 10.8 Å². The molecule has 0 spiro atoms. The van der Waals surface area contributed by atoms with Crippen LogP contribution < -0.4 is 10.6 Å². The molecule has 0 fully saturated rings. The van der Waals surface area contributed by atoms with E-state index in [-0.39, 0.29) is 5.82 Å². The van der Waals surface area contributed by atoms with Gasteiger partial charge in [-0.15, -0.1) is 11.3 Å². The molecule has 158 valence electrons. The molecule has 30 heavy (non-hydrogen) atoms. The average Bonchev–Trinajstić information content (AvgIpc) is 3.12. The van der Waals surface area contributed by atoms with E-state index in [9.17, 15) is 9.18 Å². The summed E-state index contributed by atoms with van der Waals surface area (Å²) in [5.74, 6) is -0.678. The Balaban J connectivity index is 1.80. The Hall–Kier alpha value is -2.78. The molecule has 0 aliphatic carbocycles. The number of carbonyl (C=O) groups excluding carboxylic acids is 1. The van der Waals surface area contributed by atoms with Gasteiger partial charge in [0.05, 0.1) is 36.3 Å². The van der Waals surface area contributed by atoms with E-state index in [2.05, 4.69) is 15.7 Å². The highest BCUT2D eigenvalue weighted by molar-refractivity contribution is 7.80. The number of hydrogen-bond donors (Lipinski definition) is 2. The van der Waals surface area contributed by atoms with Crippen molar-refractivity contribution in [1.29, 1.82) is 0 Å². The van der Waals surface area contributed by atoms with Gasteiger partial charge in [-0.25, -0.2) is 9.18 Å². The topological polar surface area (TPSA) is 68.2 Å². The maximum absolute atomic E-state index is 14.0. The summed E-state index contributed by atoms with van der Waals surface area (Å²) in [6.07, 6.45) is 0. The molecule has 9 heteroatoms. The molecule has 0 aliphatic heterocycles. The van der Waals surface area contributed by atoms with Gasteiger partial charge < -0.3 is 15.4 Å². The zero-order chi connectivity index (χ0) is 22.0. The van der Waals surface area contributed by atoms with Crippen molar-refractivity contribution in [2.75, 3.05) is 17.7 Å². The molecule has 2 heterocycles. The van der Waals surface area contributed by atoms with Gasteiger partial charge >= 0.3 is 5.97 Å². The number of nitrogens with zero attached hydrogens (tertiary/aromatic N) is 2. The number of methoxy groups -OCH3 is 1. The van der Waals surface area contributed by atoms with E-state index in [1.807, 2.05) is 27.7 Å². The molecule has 6 nitrogen and oxygen atoms in total. The number of thiophene rings is 1. The van der Waals surface area contributed by atoms with Crippen LogP contribution in [0.1, 0.15) is 37.7 Å². The molecule has 0 radical (unpaired) electrons. The maximum Gasteiger partial charge on any atom is 0.341 e. The third-order valence-corrected chi connectivity index (χ3v) is 6.23. The Morgan fingerprint density at radius 1 is 1.23 bits per heavy atom. The van der Waals surface area contributed by atoms with E-state index in [1.165, 1.54) is 24.5 Å². The largest absolute Gasteiger partial charge is 0.465 e. The van der Waals surface area contributed by atoms with E-state index < -0.39 is 5.97 Å². The number of aryl methyl sites for hydroxylation is 2. The summed E-state index contributed by atoms with van der Waals surface area (Å²) < 4.78 is 20.6. The number of hydrogen-bond acceptors (Lipinski definition) is 5. The van der Waals surface area contributed by atoms with Crippen LogP contribution in [0.3, 0.4) is 0 Å². The predicted octanol–water partition coefficient (Wildman–Crippen LogP) is 4.96. The van der Waals surface area contributed by atoms with Crippen molar-refractivity contribution >= 4 is 45.3 Å². The van der Waals surface area contributed by atoms with Crippen LogP contribution in [0.4, 0.5) is 15.1 Å². The summed E-state index contributed by atoms with van der Waals surface area (Å²) in [4.78, 5) is 13.2. The quantitative estimate of drug-likeness (QED) is 0.426. The molecule has 2 N–H and O–H groups in total. The van der Waals surface area contributed by atoms with Crippen LogP contribution in [0.15, 0.2) is 24.3 Å². The first-order chi connectivity index (χ1) is 14.2. The van der Waals surface area contributed by atoms with E-state index in [4.69, 9.17) is 17.0 Å². The molecular formula is C21H23FN4O2S2. The monoisotopic (exact) mass is 446 g/mol. The van der Waals surface area contributed by atoms with Gasteiger partial charge in [0.25, 0.3) is 0 Å². The number of thiocarbonyl (C=S) groups is 1. The molecule has 0 saturated carbocycles. The second kappa shape index (κ2) is 8.93. The number of halogens is 1. The first-order valence-electron chi connectivity index (χ1n) is 9.26. The van der Waals surface area contributed by atoms with Crippen molar-refractivity contribution < 1.29 is 13.9 Å². The first-order valence-corrected chi connectivity index (χ1v) is 10.5. The SMILES string of the molecule is COC(=O)c1c(NC(=S)Nc2c(C)nn(Cc3ccccc3F)c2C)sc(C)c1C.